The number of fused-ring (bicyclic) bond motifs is 3. The van der Waals surface area contributed by atoms with E-state index in [0.29, 0.717) is 5.56 Å². The van der Waals surface area contributed by atoms with Crippen molar-refractivity contribution in [2.45, 2.75) is 6.92 Å². The van der Waals surface area contributed by atoms with Crippen molar-refractivity contribution < 1.29 is 0 Å². The Hall–Kier alpha value is -3.52. The number of hydrogen-bond donors (Lipinski definition) is 0. The summed E-state index contributed by atoms with van der Waals surface area (Å²) in [6.45, 7) is 5.81. The molecule has 28 heavy (non-hydrogen) atoms. The first-order valence-electron chi connectivity index (χ1n) is 9.62. The fraction of sp³-hybridized carbons (Fsp3) is 0.217. The maximum absolute atomic E-state index is 9.68. The van der Waals surface area contributed by atoms with Gasteiger partial charge in [0.15, 0.2) is 5.65 Å². The summed E-state index contributed by atoms with van der Waals surface area (Å²) in [6.07, 6.45) is 0. The third-order valence-corrected chi connectivity index (χ3v) is 5.59. The van der Waals surface area contributed by atoms with Crippen molar-refractivity contribution in [3.05, 3.63) is 71.8 Å². The number of imidazole rings is 1. The fourth-order valence-electron chi connectivity index (χ4n) is 4.14. The Morgan fingerprint density at radius 2 is 1.57 bits per heavy atom. The Kier molecular flexibility index (Phi) is 3.91. The second-order valence-electron chi connectivity index (χ2n) is 7.24. The van der Waals surface area contributed by atoms with Gasteiger partial charge in [-0.2, -0.15) is 5.26 Å². The molecule has 1 fully saturated rings. The van der Waals surface area contributed by atoms with E-state index in [1.807, 2.05) is 25.1 Å². The molecule has 0 saturated carbocycles. The SMILES string of the molecule is Cc1cc(N2CCN(c3ccccc3)CC2)n2c(nc3ccccc32)c1C#N. The molecule has 0 N–H and O–H groups in total. The molecule has 0 bridgehead atoms. The smallest absolute Gasteiger partial charge is 0.157 e. The lowest BCUT2D eigenvalue weighted by Gasteiger charge is -2.37. The summed E-state index contributed by atoms with van der Waals surface area (Å²) < 4.78 is 2.15. The molecule has 5 rings (SSSR count). The molecule has 2 aromatic heterocycles. The largest absolute Gasteiger partial charge is 0.368 e. The number of aromatic nitrogens is 2. The van der Waals surface area contributed by atoms with Crippen molar-refractivity contribution in [3.8, 4) is 6.07 Å². The molecule has 1 aliphatic heterocycles. The maximum atomic E-state index is 9.68. The summed E-state index contributed by atoms with van der Waals surface area (Å²) in [7, 11) is 0. The first kappa shape index (κ1) is 16.6. The zero-order valence-electron chi connectivity index (χ0n) is 15.8. The van der Waals surface area contributed by atoms with Crippen LogP contribution < -0.4 is 9.80 Å². The highest BCUT2D eigenvalue weighted by Crippen LogP contribution is 2.29. The van der Waals surface area contributed by atoms with Gasteiger partial charge >= 0.3 is 0 Å². The summed E-state index contributed by atoms with van der Waals surface area (Å²) >= 11 is 0. The van der Waals surface area contributed by atoms with Crippen molar-refractivity contribution in [1.29, 1.82) is 5.26 Å². The number of benzene rings is 2. The van der Waals surface area contributed by atoms with E-state index in [-0.39, 0.29) is 0 Å². The van der Waals surface area contributed by atoms with Gasteiger partial charge in [0.2, 0.25) is 0 Å². The molecule has 3 heterocycles. The second kappa shape index (κ2) is 6.58. The van der Waals surface area contributed by atoms with Crippen LogP contribution in [0.1, 0.15) is 11.1 Å². The standard InChI is InChI=1S/C23H21N5/c1-17-15-22(27-13-11-26(12-14-27)18-7-3-2-4-8-18)28-21-10-6-5-9-20(21)25-23(28)19(17)16-24/h2-10,15H,11-14H2,1H3. The Bertz CT molecular complexity index is 1190. The molecule has 0 aliphatic carbocycles. The van der Waals surface area contributed by atoms with Crippen LogP contribution in [0.5, 0.6) is 0 Å². The molecule has 4 aromatic rings. The van der Waals surface area contributed by atoms with Gasteiger partial charge in [0.1, 0.15) is 11.9 Å². The topological polar surface area (TPSA) is 47.6 Å². The molecule has 0 atom stereocenters. The van der Waals surface area contributed by atoms with E-state index in [1.165, 1.54) is 5.69 Å². The van der Waals surface area contributed by atoms with Crippen molar-refractivity contribution in [2.24, 2.45) is 0 Å². The van der Waals surface area contributed by atoms with Crippen molar-refractivity contribution >= 4 is 28.2 Å². The Morgan fingerprint density at radius 3 is 2.32 bits per heavy atom. The molecule has 0 unspecified atom stereocenters. The van der Waals surface area contributed by atoms with Gasteiger partial charge in [0.05, 0.1) is 16.6 Å². The molecule has 1 saturated heterocycles. The third kappa shape index (κ3) is 2.57. The lowest BCUT2D eigenvalue weighted by Crippen LogP contribution is -2.47. The van der Waals surface area contributed by atoms with Gasteiger partial charge in [0.25, 0.3) is 0 Å². The van der Waals surface area contributed by atoms with Crippen LogP contribution in [0.25, 0.3) is 16.7 Å². The average molecular weight is 367 g/mol. The predicted octanol–water partition coefficient (Wildman–Crippen LogP) is 3.99. The summed E-state index contributed by atoms with van der Waals surface area (Å²) in [5, 5.41) is 9.68. The number of aryl methyl sites for hydroxylation is 1. The van der Waals surface area contributed by atoms with E-state index in [9.17, 15) is 5.26 Å². The summed E-state index contributed by atoms with van der Waals surface area (Å²) in [5.74, 6) is 1.12. The van der Waals surface area contributed by atoms with Crippen LogP contribution in [-0.2, 0) is 0 Å². The van der Waals surface area contributed by atoms with Crippen molar-refractivity contribution in [2.75, 3.05) is 36.0 Å². The highest BCUT2D eigenvalue weighted by atomic mass is 15.3. The maximum Gasteiger partial charge on any atom is 0.157 e. The first-order chi connectivity index (χ1) is 13.8. The van der Waals surface area contributed by atoms with Gasteiger partial charge in [-0.05, 0) is 42.8 Å². The van der Waals surface area contributed by atoms with Crippen molar-refractivity contribution in [3.63, 3.8) is 0 Å². The molecule has 0 amide bonds. The number of nitrogens with zero attached hydrogens (tertiary/aromatic N) is 5. The first-order valence-corrected chi connectivity index (χ1v) is 9.62. The van der Waals surface area contributed by atoms with Crippen LogP contribution in [0.3, 0.4) is 0 Å². The van der Waals surface area contributed by atoms with Gasteiger partial charge < -0.3 is 9.80 Å². The monoisotopic (exact) mass is 367 g/mol. The van der Waals surface area contributed by atoms with E-state index in [4.69, 9.17) is 4.98 Å². The average Bonchev–Trinajstić information content (AvgIpc) is 3.13. The van der Waals surface area contributed by atoms with Crippen LogP contribution in [-0.4, -0.2) is 35.6 Å². The molecule has 138 valence electrons. The lowest BCUT2D eigenvalue weighted by molar-refractivity contribution is 0.645. The number of pyridine rings is 1. The number of piperazine rings is 1. The molecular formula is C23H21N5. The van der Waals surface area contributed by atoms with Crippen LogP contribution in [0, 0.1) is 18.3 Å². The van der Waals surface area contributed by atoms with Gasteiger partial charge in [-0.3, -0.25) is 4.40 Å². The van der Waals surface area contributed by atoms with E-state index < -0.39 is 0 Å². The predicted molar refractivity (Wildman–Crippen MR) is 113 cm³/mol. The summed E-state index contributed by atoms with van der Waals surface area (Å²) in [6, 6.07) is 23.2. The molecule has 0 radical (unpaired) electrons. The molecule has 2 aromatic carbocycles. The Morgan fingerprint density at radius 1 is 0.893 bits per heavy atom. The van der Waals surface area contributed by atoms with Crippen LogP contribution in [0.2, 0.25) is 0 Å². The van der Waals surface area contributed by atoms with E-state index in [0.717, 1.165) is 54.2 Å². The number of rotatable bonds is 2. The second-order valence-corrected chi connectivity index (χ2v) is 7.24. The molecule has 0 spiro atoms. The van der Waals surface area contributed by atoms with Crippen LogP contribution in [0.15, 0.2) is 60.7 Å². The van der Waals surface area contributed by atoms with E-state index in [1.54, 1.807) is 0 Å². The highest BCUT2D eigenvalue weighted by Gasteiger charge is 2.22. The van der Waals surface area contributed by atoms with Crippen LogP contribution >= 0.6 is 0 Å². The van der Waals surface area contributed by atoms with Gasteiger partial charge in [0, 0.05) is 31.9 Å². The fourth-order valence-corrected chi connectivity index (χ4v) is 4.14. The number of nitriles is 1. The van der Waals surface area contributed by atoms with Gasteiger partial charge in [-0.15, -0.1) is 0 Å². The van der Waals surface area contributed by atoms with Gasteiger partial charge in [-0.25, -0.2) is 4.98 Å². The van der Waals surface area contributed by atoms with E-state index >= 15 is 0 Å². The minimum absolute atomic E-state index is 0.655. The van der Waals surface area contributed by atoms with E-state index in [2.05, 4.69) is 62.7 Å². The van der Waals surface area contributed by atoms with Gasteiger partial charge in [-0.1, -0.05) is 30.3 Å². The quantitative estimate of drug-likeness (QED) is 0.537. The molecule has 5 nitrogen and oxygen atoms in total. The normalized spacial score (nSPS) is 14.6. The Labute approximate surface area is 164 Å². The summed E-state index contributed by atoms with van der Waals surface area (Å²) in [4.78, 5) is 9.61. The van der Waals surface area contributed by atoms with Crippen molar-refractivity contribution in [1.82, 2.24) is 9.38 Å². The minimum Gasteiger partial charge on any atom is -0.368 e. The molecular weight excluding hydrogens is 346 g/mol. The number of para-hydroxylation sites is 3. The zero-order chi connectivity index (χ0) is 19.1. The zero-order valence-corrected chi connectivity index (χ0v) is 15.8. The molecule has 5 heteroatoms. The number of anilines is 2. The lowest BCUT2D eigenvalue weighted by atomic mass is 10.1. The van der Waals surface area contributed by atoms with Crippen LogP contribution in [0.4, 0.5) is 11.5 Å². The third-order valence-electron chi connectivity index (χ3n) is 5.59. The molecule has 1 aliphatic rings. The number of hydrogen-bond acceptors (Lipinski definition) is 4. The minimum atomic E-state index is 0.655. The summed E-state index contributed by atoms with van der Waals surface area (Å²) in [5.41, 5.74) is 5.64. The Balaban J connectivity index is 1.57. The highest BCUT2D eigenvalue weighted by molar-refractivity contribution is 5.85.